The Morgan fingerprint density at radius 3 is 2.37 bits per heavy atom. The molecular weight excluding hydrogens is 257 g/mol. The summed E-state index contributed by atoms with van der Waals surface area (Å²) in [6.07, 6.45) is -4.35. The molecular formula is C13H15F3N2O. The largest absolute Gasteiger partial charge is 0.416 e. The third-order valence-corrected chi connectivity index (χ3v) is 3.33. The van der Waals surface area contributed by atoms with Crippen molar-refractivity contribution in [3.05, 3.63) is 29.8 Å². The minimum absolute atomic E-state index is 0.137. The normalized spacial score (nSPS) is 23.4. The standard InChI is InChI=1S/C13H15F3N2O/c1-8-6-17-7-11(8)12(19)18-10-4-2-9(3-5-10)13(14,15)16/h2-5,8,11,17H,6-7H2,1H3,(H,18,19)/t8-,11-/m1/s1. The van der Waals surface area contributed by atoms with E-state index in [0.29, 0.717) is 12.2 Å². The Morgan fingerprint density at radius 1 is 1.26 bits per heavy atom. The summed E-state index contributed by atoms with van der Waals surface area (Å²) < 4.78 is 37.2. The number of hydrogen-bond acceptors (Lipinski definition) is 2. The van der Waals surface area contributed by atoms with Gasteiger partial charge < -0.3 is 10.6 Å². The van der Waals surface area contributed by atoms with Crippen LogP contribution in [0, 0.1) is 11.8 Å². The van der Waals surface area contributed by atoms with Gasteiger partial charge in [0.15, 0.2) is 0 Å². The monoisotopic (exact) mass is 272 g/mol. The van der Waals surface area contributed by atoms with Gasteiger partial charge in [-0.05, 0) is 36.7 Å². The summed E-state index contributed by atoms with van der Waals surface area (Å²) in [5, 5.41) is 5.75. The van der Waals surface area contributed by atoms with Gasteiger partial charge in [-0.15, -0.1) is 0 Å². The van der Waals surface area contributed by atoms with Gasteiger partial charge in [-0.3, -0.25) is 4.79 Å². The molecule has 2 rings (SSSR count). The lowest BCUT2D eigenvalue weighted by molar-refractivity contribution is -0.137. The quantitative estimate of drug-likeness (QED) is 0.868. The Morgan fingerprint density at radius 2 is 1.89 bits per heavy atom. The van der Waals surface area contributed by atoms with Gasteiger partial charge in [-0.25, -0.2) is 0 Å². The van der Waals surface area contributed by atoms with Crippen molar-refractivity contribution in [1.82, 2.24) is 5.32 Å². The van der Waals surface area contributed by atoms with Crippen LogP contribution in [-0.2, 0) is 11.0 Å². The first kappa shape index (κ1) is 13.9. The number of amides is 1. The van der Waals surface area contributed by atoms with Gasteiger partial charge in [0, 0.05) is 12.2 Å². The summed E-state index contributed by atoms with van der Waals surface area (Å²) in [4.78, 5) is 11.9. The van der Waals surface area contributed by atoms with E-state index in [1.807, 2.05) is 6.92 Å². The highest BCUT2D eigenvalue weighted by Gasteiger charge is 2.31. The van der Waals surface area contributed by atoms with E-state index >= 15 is 0 Å². The Kier molecular flexibility index (Phi) is 3.80. The van der Waals surface area contributed by atoms with Crippen molar-refractivity contribution in [3.63, 3.8) is 0 Å². The van der Waals surface area contributed by atoms with E-state index in [2.05, 4.69) is 10.6 Å². The number of nitrogens with one attached hydrogen (secondary N) is 2. The van der Waals surface area contributed by atoms with Crippen LogP contribution >= 0.6 is 0 Å². The first-order chi connectivity index (χ1) is 8.88. The van der Waals surface area contributed by atoms with E-state index in [0.717, 1.165) is 18.7 Å². The zero-order valence-corrected chi connectivity index (χ0v) is 10.4. The molecule has 0 spiro atoms. The van der Waals surface area contributed by atoms with Gasteiger partial charge in [-0.2, -0.15) is 13.2 Å². The number of hydrogen-bond donors (Lipinski definition) is 2. The Balaban J connectivity index is 2.02. The van der Waals surface area contributed by atoms with E-state index in [1.54, 1.807) is 0 Å². The molecule has 19 heavy (non-hydrogen) atoms. The molecule has 1 saturated heterocycles. The lowest BCUT2D eigenvalue weighted by atomic mass is 9.97. The van der Waals surface area contributed by atoms with Crippen molar-refractivity contribution in [1.29, 1.82) is 0 Å². The van der Waals surface area contributed by atoms with Crippen molar-refractivity contribution in [2.45, 2.75) is 13.1 Å². The highest BCUT2D eigenvalue weighted by atomic mass is 19.4. The molecule has 1 heterocycles. The molecule has 3 nitrogen and oxygen atoms in total. The average molecular weight is 272 g/mol. The van der Waals surface area contributed by atoms with Crippen LogP contribution in [-0.4, -0.2) is 19.0 Å². The first-order valence-electron chi connectivity index (χ1n) is 6.07. The molecule has 104 valence electrons. The summed E-state index contributed by atoms with van der Waals surface area (Å²) in [7, 11) is 0. The van der Waals surface area contributed by atoms with E-state index in [4.69, 9.17) is 0 Å². The first-order valence-corrected chi connectivity index (χ1v) is 6.07. The molecule has 0 radical (unpaired) electrons. The number of halogens is 3. The smallest absolute Gasteiger partial charge is 0.326 e. The van der Waals surface area contributed by atoms with Crippen LogP contribution in [0.15, 0.2) is 24.3 Å². The number of carbonyl (C=O) groups is 1. The second-order valence-corrected chi connectivity index (χ2v) is 4.81. The number of carbonyl (C=O) groups excluding carboxylic acids is 1. The molecule has 0 aliphatic carbocycles. The highest BCUT2D eigenvalue weighted by Crippen LogP contribution is 2.30. The molecule has 0 aromatic heterocycles. The predicted molar refractivity (Wildman–Crippen MR) is 65.6 cm³/mol. The third-order valence-electron chi connectivity index (χ3n) is 3.33. The second-order valence-electron chi connectivity index (χ2n) is 4.81. The lowest BCUT2D eigenvalue weighted by Crippen LogP contribution is -2.27. The fraction of sp³-hybridized carbons (Fsp3) is 0.462. The van der Waals surface area contributed by atoms with Gasteiger partial charge in [-0.1, -0.05) is 6.92 Å². The summed E-state index contributed by atoms with van der Waals surface area (Å²) in [5.74, 6) is -0.0611. The fourth-order valence-corrected chi connectivity index (χ4v) is 2.14. The SMILES string of the molecule is C[C@@H]1CNC[C@H]1C(=O)Nc1ccc(C(F)(F)F)cc1. The van der Waals surface area contributed by atoms with Gasteiger partial charge in [0.2, 0.25) is 5.91 Å². The number of anilines is 1. The van der Waals surface area contributed by atoms with Crippen LogP contribution < -0.4 is 10.6 Å². The molecule has 1 aliphatic heterocycles. The molecule has 2 atom stereocenters. The van der Waals surface area contributed by atoms with Crippen molar-refractivity contribution in [3.8, 4) is 0 Å². The van der Waals surface area contributed by atoms with Crippen molar-refractivity contribution in [2.75, 3.05) is 18.4 Å². The van der Waals surface area contributed by atoms with Gasteiger partial charge in [0.05, 0.1) is 11.5 Å². The molecule has 0 unspecified atom stereocenters. The summed E-state index contributed by atoms with van der Waals surface area (Å²) in [6.45, 7) is 3.36. The van der Waals surface area contributed by atoms with Gasteiger partial charge in [0.25, 0.3) is 0 Å². The van der Waals surface area contributed by atoms with E-state index in [1.165, 1.54) is 12.1 Å². The fourth-order valence-electron chi connectivity index (χ4n) is 2.14. The lowest BCUT2D eigenvalue weighted by Gasteiger charge is -2.14. The van der Waals surface area contributed by atoms with Crippen LogP contribution in [0.1, 0.15) is 12.5 Å². The summed E-state index contributed by atoms with van der Waals surface area (Å²) >= 11 is 0. The Labute approximate surface area is 109 Å². The van der Waals surface area contributed by atoms with E-state index in [9.17, 15) is 18.0 Å². The van der Waals surface area contributed by atoms with E-state index in [-0.39, 0.29) is 17.7 Å². The Bertz CT molecular complexity index is 456. The van der Waals surface area contributed by atoms with Gasteiger partial charge in [0.1, 0.15) is 0 Å². The van der Waals surface area contributed by atoms with Crippen molar-refractivity contribution in [2.24, 2.45) is 11.8 Å². The van der Waals surface area contributed by atoms with Crippen molar-refractivity contribution < 1.29 is 18.0 Å². The minimum atomic E-state index is -4.35. The maximum atomic E-state index is 12.4. The summed E-state index contributed by atoms with van der Waals surface area (Å²) in [5.41, 5.74) is -0.335. The second kappa shape index (κ2) is 5.21. The molecule has 6 heteroatoms. The number of rotatable bonds is 2. The molecule has 1 fully saturated rings. The maximum Gasteiger partial charge on any atom is 0.416 e. The summed E-state index contributed by atoms with van der Waals surface area (Å²) in [6, 6.07) is 4.47. The van der Waals surface area contributed by atoms with Crippen molar-refractivity contribution >= 4 is 11.6 Å². The maximum absolute atomic E-state index is 12.4. The molecule has 1 aromatic rings. The predicted octanol–water partition coefficient (Wildman–Crippen LogP) is 2.50. The molecule has 2 N–H and O–H groups in total. The zero-order valence-electron chi connectivity index (χ0n) is 10.4. The van der Waals surface area contributed by atoms with Crippen LogP contribution in [0.4, 0.5) is 18.9 Å². The van der Waals surface area contributed by atoms with Crippen LogP contribution in [0.2, 0.25) is 0 Å². The highest BCUT2D eigenvalue weighted by molar-refractivity contribution is 5.93. The third kappa shape index (κ3) is 3.26. The number of benzene rings is 1. The molecule has 1 aliphatic rings. The zero-order chi connectivity index (χ0) is 14.0. The van der Waals surface area contributed by atoms with Crippen LogP contribution in [0.5, 0.6) is 0 Å². The number of alkyl halides is 3. The average Bonchev–Trinajstić information content (AvgIpc) is 2.75. The van der Waals surface area contributed by atoms with Gasteiger partial charge >= 0.3 is 6.18 Å². The molecule has 0 saturated carbocycles. The molecule has 1 aromatic carbocycles. The van der Waals surface area contributed by atoms with Crippen LogP contribution in [0.25, 0.3) is 0 Å². The van der Waals surface area contributed by atoms with Crippen LogP contribution in [0.3, 0.4) is 0 Å². The minimum Gasteiger partial charge on any atom is -0.326 e. The molecule has 0 bridgehead atoms. The molecule has 1 amide bonds. The van der Waals surface area contributed by atoms with E-state index < -0.39 is 11.7 Å². The topological polar surface area (TPSA) is 41.1 Å². The Hall–Kier alpha value is -1.56.